The summed E-state index contributed by atoms with van der Waals surface area (Å²) >= 11 is 0. The standard InChI is InChI=1S/C20H31N3O/c1-6-9-10-21-12-19-13(4)15(7-2)18(22-19)11-17-14(5)16(8-3)20(24)23-17/h12,17,22H,6-11H2,1-5H3,(H,23,24). The molecule has 0 bridgehead atoms. The number of aromatic amines is 1. The molecule has 0 aliphatic carbocycles. The van der Waals surface area contributed by atoms with E-state index in [9.17, 15) is 4.79 Å². The molecule has 24 heavy (non-hydrogen) atoms. The molecule has 0 fully saturated rings. The molecule has 0 radical (unpaired) electrons. The lowest BCUT2D eigenvalue weighted by molar-refractivity contribution is -0.117. The maximum atomic E-state index is 12.0. The number of carbonyl (C=O) groups is 1. The lowest BCUT2D eigenvalue weighted by atomic mass is 9.98. The third-order valence-electron chi connectivity index (χ3n) is 5.06. The number of hydrogen-bond acceptors (Lipinski definition) is 2. The predicted octanol–water partition coefficient (Wildman–Crippen LogP) is 3.87. The van der Waals surface area contributed by atoms with Crippen molar-refractivity contribution < 1.29 is 4.79 Å². The predicted molar refractivity (Wildman–Crippen MR) is 101 cm³/mol. The summed E-state index contributed by atoms with van der Waals surface area (Å²) < 4.78 is 0. The van der Waals surface area contributed by atoms with E-state index in [0.29, 0.717) is 0 Å². The van der Waals surface area contributed by atoms with Crippen LogP contribution in [0.1, 0.15) is 69.5 Å². The van der Waals surface area contributed by atoms with Crippen LogP contribution in [0.5, 0.6) is 0 Å². The van der Waals surface area contributed by atoms with Gasteiger partial charge in [0.15, 0.2) is 0 Å². The van der Waals surface area contributed by atoms with Gasteiger partial charge in [-0.25, -0.2) is 0 Å². The van der Waals surface area contributed by atoms with E-state index in [-0.39, 0.29) is 11.9 Å². The van der Waals surface area contributed by atoms with Gasteiger partial charge in [-0.05, 0) is 49.8 Å². The third-order valence-corrected chi connectivity index (χ3v) is 5.06. The van der Waals surface area contributed by atoms with Gasteiger partial charge in [-0.2, -0.15) is 0 Å². The van der Waals surface area contributed by atoms with Gasteiger partial charge in [-0.1, -0.05) is 27.2 Å². The fourth-order valence-electron chi connectivity index (χ4n) is 3.50. The SMILES string of the molecule is CCCCN=Cc1[nH]c(CC2NC(=O)C(CC)=C2C)c(CC)c1C. The van der Waals surface area contributed by atoms with E-state index in [0.717, 1.165) is 43.5 Å². The zero-order chi connectivity index (χ0) is 17.7. The first-order valence-electron chi connectivity index (χ1n) is 9.23. The summed E-state index contributed by atoms with van der Waals surface area (Å²) in [6, 6.07) is 0.112. The van der Waals surface area contributed by atoms with Gasteiger partial charge in [-0.15, -0.1) is 0 Å². The number of hydrogen-bond donors (Lipinski definition) is 2. The summed E-state index contributed by atoms with van der Waals surface area (Å²) in [5.74, 6) is 0.0997. The van der Waals surface area contributed by atoms with E-state index in [1.165, 1.54) is 28.8 Å². The van der Waals surface area contributed by atoms with Crippen LogP contribution in [0, 0.1) is 6.92 Å². The first-order valence-corrected chi connectivity index (χ1v) is 9.23. The van der Waals surface area contributed by atoms with Crippen molar-refractivity contribution in [2.75, 3.05) is 6.54 Å². The maximum absolute atomic E-state index is 12.0. The highest BCUT2D eigenvalue weighted by Crippen LogP contribution is 2.25. The van der Waals surface area contributed by atoms with Gasteiger partial charge in [0.1, 0.15) is 0 Å². The smallest absolute Gasteiger partial charge is 0.247 e. The molecule has 2 heterocycles. The fourth-order valence-corrected chi connectivity index (χ4v) is 3.50. The van der Waals surface area contributed by atoms with Gasteiger partial charge in [0.2, 0.25) is 5.91 Å². The number of rotatable bonds is 8. The first kappa shape index (κ1) is 18.5. The topological polar surface area (TPSA) is 57.2 Å². The van der Waals surface area contributed by atoms with E-state index < -0.39 is 0 Å². The monoisotopic (exact) mass is 329 g/mol. The molecule has 1 aliphatic rings. The van der Waals surface area contributed by atoms with Gasteiger partial charge in [0.25, 0.3) is 0 Å². The van der Waals surface area contributed by atoms with Crippen LogP contribution in [0.25, 0.3) is 0 Å². The van der Waals surface area contributed by atoms with E-state index >= 15 is 0 Å². The zero-order valence-corrected chi connectivity index (χ0v) is 15.8. The van der Waals surface area contributed by atoms with Gasteiger partial charge in [0.05, 0.1) is 11.7 Å². The second-order valence-electron chi connectivity index (χ2n) is 6.61. The van der Waals surface area contributed by atoms with Crippen LogP contribution >= 0.6 is 0 Å². The third kappa shape index (κ3) is 3.80. The summed E-state index contributed by atoms with van der Waals surface area (Å²) in [4.78, 5) is 20.1. The van der Waals surface area contributed by atoms with Crippen molar-refractivity contribution in [3.05, 3.63) is 33.7 Å². The lowest BCUT2D eigenvalue weighted by Gasteiger charge is -2.13. The Morgan fingerprint density at radius 1 is 1.17 bits per heavy atom. The lowest BCUT2D eigenvalue weighted by Crippen LogP contribution is -2.30. The number of unbranched alkanes of at least 4 members (excludes halogenated alkanes) is 1. The van der Waals surface area contributed by atoms with Crippen LogP contribution in [-0.2, 0) is 17.6 Å². The van der Waals surface area contributed by atoms with Crippen molar-refractivity contribution >= 4 is 12.1 Å². The molecule has 1 aliphatic heterocycles. The van der Waals surface area contributed by atoms with Crippen molar-refractivity contribution in [1.29, 1.82) is 0 Å². The minimum absolute atomic E-state index is 0.0997. The van der Waals surface area contributed by atoms with Crippen molar-refractivity contribution in [3.63, 3.8) is 0 Å². The number of nitrogens with zero attached hydrogens (tertiary/aromatic N) is 1. The Kier molecular flexibility index (Phi) is 6.41. The molecule has 1 unspecified atom stereocenters. The molecule has 4 heteroatoms. The summed E-state index contributed by atoms with van der Waals surface area (Å²) in [5, 5.41) is 3.13. The Bertz CT molecular complexity index is 652. The van der Waals surface area contributed by atoms with E-state index in [1.54, 1.807) is 0 Å². The average Bonchev–Trinajstić information content (AvgIpc) is 3.00. The normalized spacial score (nSPS) is 18.0. The fraction of sp³-hybridized carbons (Fsp3) is 0.600. The van der Waals surface area contributed by atoms with Gasteiger partial charge >= 0.3 is 0 Å². The minimum atomic E-state index is 0.0997. The molecule has 0 saturated carbocycles. The molecule has 0 spiro atoms. The van der Waals surface area contributed by atoms with Crippen LogP contribution in [0.4, 0.5) is 0 Å². The summed E-state index contributed by atoms with van der Waals surface area (Å²) in [6.45, 7) is 11.5. The number of amides is 1. The molecule has 1 aromatic heterocycles. The minimum Gasteiger partial charge on any atom is -0.357 e. The number of aliphatic imine (C=N–C) groups is 1. The van der Waals surface area contributed by atoms with Crippen LogP contribution < -0.4 is 5.32 Å². The molecule has 0 saturated heterocycles. The van der Waals surface area contributed by atoms with Crippen molar-refractivity contribution in [1.82, 2.24) is 10.3 Å². The number of carbonyl (C=O) groups excluding carboxylic acids is 1. The Labute approximate surface area is 145 Å². The average molecular weight is 329 g/mol. The van der Waals surface area contributed by atoms with Gasteiger partial charge < -0.3 is 10.3 Å². The molecule has 1 atom stereocenters. The quantitative estimate of drug-likeness (QED) is 0.552. The van der Waals surface area contributed by atoms with E-state index in [1.807, 2.05) is 13.1 Å². The molecular formula is C20H31N3O. The Hall–Kier alpha value is -1.84. The van der Waals surface area contributed by atoms with Gasteiger partial charge in [-0.3, -0.25) is 9.79 Å². The van der Waals surface area contributed by atoms with E-state index in [2.05, 4.69) is 43.0 Å². The first-order chi connectivity index (χ1) is 11.5. The highest BCUT2D eigenvalue weighted by Gasteiger charge is 2.28. The summed E-state index contributed by atoms with van der Waals surface area (Å²) in [5.41, 5.74) is 7.12. The Balaban J connectivity index is 2.20. The molecule has 2 rings (SSSR count). The summed E-state index contributed by atoms with van der Waals surface area (Å²) in [7, 11) is 0. The van der Waals surface area contributed by atoms with Crippen molar-refractivity contribution in [2.45, 2.75) is 72.8 Å². The molecular weight excluding hydrogens is 298 g/mol. The van der Waals surface area contributed by atoms with Crippen LogP contribution in [0.3, 0.4) is 0 Å². The zero-order valence-electron chi connectivity index (χ0n) is 15.8. The number of nitrogens with one attached hydrogen (secondary N) is 2. The highest BCUT2D eigenvalue weighted by molar-refractivity contribution is 5.97. The van der Waals surface area contributed by atoms with Crippen LogP contribution in [0.15, 0.2) is 16.1 Å². The van der Waals surface area contributed by atoms with Crippen molar-refractivity contribution in [2.24, 2.45) is 4.99 Å². The molecule has 2 N–H and O–H groups in total. The van der Waals surface area contributed by atoms with Crippen molar-refractivity contribution in [3.8, 4) is 0 Å². The van der Waals surface area contributed by atoms with Gasteiger partial charge in [0, 0.05) is 30.4 Å². The molecule has 1 amide bonds. The van der Waals surface area contributed by atoms with E-state index in [4.69, 9.17) is 0 Å². The number of H-pyrrole nitrogens is 1. The Morgan fingerprint density at radius 2 is 1.92 bits per heavy atom. The Morgan fingerprint density at radius 3 is 2.50 bits per heavy atom. The molecule has 4 nitrogen and oxygen atoms in total. The molecule has 132 valence electrons. The molecule has 1 aromatic rings. The van der Waals surface area contributed by atoms with Crippen LogP contribution in [-0.4, -0.2) is 29.7 Å². The highest BCUT2D eigenvalue weighted by atomic mass is 16.2. The summed E-state index contributed by atoms with van der Waals surface area (Å²) in [6.07, 6.45) is 6.88. The largest absolute Gasteiger partial charge is 0.357 e. The second kappa shape index (κ2) is 8.32. The molecule has 0 aromatic carbocycles. The second-order valence-corrected chi connectivity index (χ2v) is 6.61. The van der Waals surface area contributed by atoms with Crippen LogP contribution in [0.2, 0.25) is 0 Å². The maximum Gasteiger partial charge on any atom is 0.247 e. The number of aromatic nitrogens is 1.